The van der Waals surface area contributed by atoms with Crippen molar-refractivity contribution >= 4 is 17.2 Å². The number of carbonyl (C=O) groups excluding carboxylic acids is 1. The molecule has 0 aliphatic carbocycles. The Labute approximate surface area is 153 Å². The van der Waals surface area contributed by atoms with Gasteiger partial charge < -0.3 is 9.88 Å². The number of H-pyrrole nitrogens is 1. The lowest BCUT2D eigenvalue weighted by atomic mass is 10.1. The number of aromatic nitrogens is 4. The molecule has 1 amide bonds. The van der Waals surface area contributed by atoms with Crippen LogP contribution >= 0.6 is 11.3 Å². The van der Waals surface area contributed by atoms with Crippen LogP contribution in [-0.4, -0.2) is 43.8 Å². The molecule has 3 aromatic heterocycles. The first-order chi connectivity index (χ1) is 12.6. The topological polar surface area (TPSA) is 91.8 Å². The molecule has 0 saturated carbocycles. The van der Waals surface area contributed by atoms with Crippen LogP contribution in [0, 0.1) is 6.92 Å². The van der Waals surface area contributed by atoms with Crippen molar-refractivity contribution < 1.29 is 4.79 Å². The van der Waals surface area contributed by atoms with Crippen molar-refractivity contribution in [3.05, 3.63) is 62.9 Å². The minimum absolute atomic E-state index is 0.00337. The minimum atomic E-state index is -0.176. The van der Waals surface area contributed by atoms with Crippen LogP contribution in [0.1, 0.15) is 34.3 Å². The van der Waals surface area contributed by atoms with Gasteiger partial charge in [0.25, 0.3) is 11.5 Å². The molecule has 7 nitrogen and oxygen atoms in total. The van der Waals surface area contributed by atoms with Gasteiger partial charge in [-0.3, -0.25) is 14.6 Å². The quantitative estimate of drug-likeness (QED) is 0.766. The number of rotatable bonds is 3. The van der Waals surface area contributed by atoms with Crippen LogP contribution < -0.4 is 5.56 Å². The molecular weight excluding hydrogens is 350 g/mol. The van der Waals surface area contributed by atoms with Crippen molar-refractivity contribution in [2.75, 3.05) is 13.1 Å². The molecule has 1 N–H and O–H groups in total. The van der Waals surface area contributed by atoms with Gasteiger partial charge in [0, 0.05) is 42.2 Å². The van der Waals surface area contributed by atoms with Crippen molar-refractivity contribution in [3.8, 4) is 11.3 Å². The highest BCUT2D eigenvalue weighted by atomic mass is 32.1. The summed E-state index contributed by atoms with van der Waals surface area (Å²) < 4.78 is 0. The van der Waals surface area contributed by atoms with Crippen molar-refractivity contribution in [2.45, 2.75) is 19.3 Å². The SMILES string of the molecule is Cc1cnc(C(=O)N2CC[C@H](c3nc(-c4ccsc4)cc(=O)[nH]3)C2)cn1. The van der Waals surface area contributed by atoms with Crippen molar-refractivity contribution in [2.24, 2.45) is 0 Å². The predicted octanol–water partition coefficient (Wildman–Crippen LogP) is 2.23. The van der Waals surface area contributed by atoms with E-state index in [-0.39, 0.29) is 17.4 Å². The number of likely N-dealkylation sites (tertiary alicyclic amines) is 1. The van der Waals surface area contributed by atoms with Gasteiger partial charge in [0.1, 0.15) is 11.5 Å². The normalized spacial score (nSPS) is 16.8. The molecule has 1 aliphatic rings. The number of hydrogen-bond acceptors (Lipinski definition) is 6. The maximum atomic E-state index is 12.6. The molecule has 0 aromatic carbocycles. The van der Waals surface area contributed by atoms with Gasteiger partial charge in [-0.25, -0.2) is 9.97 Å². The summed E-state index contributed by atoms with van der Waals surface area (Å²) in [6.45, 7) is 2.94. The summed E-state index contributed by atoms with van der Waals surface area (Å²) in [5.74, 6) is 0.490. The maximum absolute atomic E-state index is 12.6. The lowest BCUT2D eigenvalue weighted by Gasteiger charge is -2.16. The van der Waals surface area contributed by atoms with Gasteiger partial charge >= 0.3 is 0 Å². The lowest BCUT2D eigenvalue weighted by Crippen LogP contribution is -2.29. The Kier molecular flexibility index (Phi) is 4.34. The first kappa shape index (κ1) is 16.6. The average molecular weight is 367 g/mol. The summed E-state index contributed by atoms with van der Waals surface area (Å²) in [5.41, 5.74) is 2.53. The number of hydrogen-bond donors (Lipinski definition) is 1. The highest BCUT2D eigenvalue weighted by Crippen LogP contribution is 2.27. The third-order valence-corrected chi connectivity index (χ3v) is 5.12. The third kappa shape index (κ3) is 3.28. The maximum Gasteiger partial charge on any atom is 0.274 e. The van der Waals surface area contributed by atoms with E-state index in [9.17, 15) is 9.59 Å². The lowest BCUT2D eigenvalue weighted by molar-refractivity contribution is 0.0784. The number of aryl methyl sites for hydroxylation is 1. The fourth-order valence-corrected chi connectivity index (χ4v) is 3.71. The summed E-state index contributed by atoms with van der Waals surface area (Å²) in [6.07, 6.45) is 3.84. The van der Waals surface area contributed by atoms with Crippen LogP contribution in [0.5, 0.6) is 0 Å². The number of carbonyl (C=O) groups is 1. The van der Waals surface area contributed by atoms with Crippen LogP contribution in [0.4, 0.5) is 0 Å². The molecule has 1 atom stereocenters. The van der Waals surface area contributed by atoms with Crippen molar-refractivity contribution in [3.63, 3.8) is 0 Å². The highest BCUT2D eigenvalue weighted by Gasteiger charge is 2.30. The van der Waals surface area contributed by atoms with Crippen LogP contribution in [0.25, 0.3) is 11.3 Å². The van der Waals surface area contributed by atoms with E-state index < -0.39 is 0 Å². The van der Waals surface area contributed by atoms with Gasteiger partial charge in [-0.1, -0.05) is 0 Å². The van der Waals surface area contributed by atoms with Crippen LogP contribution in [0.3, 0.4) is 0 Å². The van der Waals surface area contributed by atoms with Crippen molar-refractivity contribution in [1.29, 1.82) is 0 Å². The first-order valence-electron chi connectivity index (χ1n) is 8.32. The summed E-state index contributed by atoms with van der Waals surface area (Å²) in [6, 6.07) is 3.45. The second-order valence-corrected chi connectivity index (χ2v) is 7.09. The van der Waals surface area contributed by atoms with E-state index in [1.54, 1.807) is 22.4 Å². The molecule has 8 heteroatoms. The van der Waals surface area contributed by atoms with Gasteiger partial charge in [-0.05, 0) is 24.8 Å². The van der Waals surface area contributed by atoms with Crippen LogP contribution in [0.2, 0.25) is 0 Å². The van der Waals surface area contributed by atoms with Gasteiger partial charge in [-0.2, -0.15) is 11.3 Å². The molecule has 3 aromatic rings. The number of amides is 1. The van der Waals surface area contributed by atoms with Gasteiger partial charge in [0.05, 0.1) is 17.6 Å². The van der Waals surface area contributed by atoms with E-state index in [0.29, 0.717) is 30.3 Å². The molecular formula is C18H17N5O2S. The summed E-state index contributed by atoms with van der Waals surface area (Å²) >= 11 is 1.56. The molecule has 1 saturated heterocycles. The predicted molar refractivity (Wildman–Crippen MR) is 98.2 cm³/mol. The molecule has 1 fully saturated rings. The smallest absolute Gasteiger partial charge is 0.274 e. The Morgan fingerprint density at radius 2 is 2.23 bits per heavy atom. The van der Waals surface area contributed by atoms with Crippen LogP contribution in [0.15, 0.2) is 40.1 Å². The third-order valence-electron chi connectivity index (χ3n) is 4.44. The zero-order valence-corrected chi connectivity index (χ0v) is 15.0. The average Bonchev–Trinajstić information content (AvgIpc) is 3.33. The second-order valence-electron chi connectivity index (χ2n) is 6.31. The Morgan fingerprint density at radius 3 is 2.96 bits per heavy atom. The Balaban J connectivity index is 1.54. The molecule has 132 valence electrons. The zero-order valence-electron chi connectivity index (χ0n) is 14.2. The molecule has 0 bridgehead atoms. The van der Waals surface area contributed by atoms with E-state index in [1.165, 1.54) is 12.3 Å². The number of thiophene rings is 1. The van der Waals surface area contributed by atoms with Crippen molar-refractivity contribution in [1.82, 2.24) is 24.8 Å². The monoisotopic (exact) mass is 367 g/mol. The number of aromatic amines is 1. The number of nitrogens with one attached hydrogen (secondary N) is 1. The van der Waals surface area contributed by atoms with Gasteiger partial charge in [0.15, 0.2) is 0 Å². The molecule has 0 spiro atoms. The van der Waals surface area contributed by atoms with E-state index in [2.05, 4.69) is 19.9 Å². The summed E-state index contributed by atoms with van der Waals surface area (Å²) in [4.78, 5) is 42.1. The van der Waals surface area contributed by atoms with Gasteiger partial charge in [0.2, 0.25) is 0 Å². The molecule has 4 rings (SSSR count). The first-order valence-corrected chi connectivity index (χ1v) is 9.26. The fourth-order valence-electron chi connectivity index (χ4n) is 3.06. The highest BCUT2D eigenvalue weighted by molar-refractivity contribution is 7.08. The summed E-state index contributed by atoms with van der Waals surface area (Å²) in [5, 5.41) is 3.92. The molecule has 0 radical (unpaired) electrons. The molecule has 1 aliphatic heterocycles. The largest absolute Gasteiger partial charge is 0.337 e. The van der Waals surface area contributed by atoms with Gasteiger partial charge in [-0.15, -0.1) is 0 Å². The Morgan fingerprint density at radius 1 is 1.35 bits per heavy atom. The zero-order chi connectivity index (χ0) is 18.1. The molecule has 0 unspecified atom stereocenters. The molecule has 4 heterocycles. The van der Waals surface area contributed by atoms with E-state index in [1.807, 2.05) is 23.8 Å². The van der Waals surface area contributed by atoms with E-state index in [0.717, 1.165) is 17.7 Å². The number of nitrogens with zero attached hydrogens (tertiary/aromatic N) is 4. The van der Waals surface area contributed by atoms with E-state index in [4.69, 9.17) is 0 Å². The van der Waals surface area contributed by atoms with Crippen LogP contribution in [-0.2, 0) is 0 Å². The van der Waals surface area contributed by atoms with E-state index >= 15 is 0 Å². The fraction of sp³-hybridized carbons (Fsp3) is 0.278. The second kappa shape index (κ2) is 6.80. The summed E-state index contributed by atoms with van der Waals surface area (Å²) in [7, 11) is 0. The Hall–Kier alpha value is -2.87. The standard InChI is InChI=1S/C18H17N5O2S/c1-11-7-20-15(8-19-11)18(25)23-4-2-12(9-23)17-21-14(6-16(24)22-17)13-3-5-26-10-13/h3,5-8,10,12H,2,4,9H2,1H3,(H,21,22,24)/t12-/m0/s1. The Bertz CT molecular complexity index is 982. The molecule has 26 heavy (non-hydrogen) atoms. The minimum Gasteiger partial charge on any atom is -0.337 e.